The van der Waals surface area contributed by atoms with Crippen LogP contribution < -0.4 is 25.6 Å². The fraction of sp³-hybridized carbons (Fsp3) is 0.0196. The van der Waals surface area contributed by atoms with Crippen molar-refractivity contribution < 1.29 is 29.9 Å². The maximum atomic E-state index is 17.5. The molecule has 8 heteroatoms. The van der Waals surface area contributed by atoms with Crippen LogP contribution in [0.25, 0.3) is 49.3 Å². The summed E-state index contributed by atoms with van der Waals surface area (Å²) < 4.78 is 26.1. The minimum atomic E-state index is -3.22. The van der Waals surface area contributed by atoms with E-state index in [1.807, 2.05) is 66.9 Å². The molecule has 0 N–H and O–H groups in total. The second kappa shape index (κ2) is 13.7. The van der Waals surface area contributed by atoms with Gasteiger partial charge in [0, 0.05) is 40.6 Å². The number of imidazole rings is 1. The van der Waals surface area contributed by atoms with Crippen LogP contribution in [0, 0.1) is 12.1 Å². The van der Waals surface area contributed by atoms with Gasteiger partial charge in [-0.25, -0.2) is 9.37 Å². The molecule has 0 fully saturated rings. The summed E-state index contributed by atoms with van der Waals surface area (Å²) in [6.07, 6.45) is 4.01. The zero-order valence-electron chi connectivity index (χ0n) is 31.3. The summed E-state index contributed by atoms with van der Waals surface area (Å²) in [7, 11) is -3.22. The average Bonchev–Trinajstić information content (AvgIpc) is 3.95. The van der Waals surface area contributed by atoms with Crippen LogP contribution in [-0.2, 0) is 21.1 Å². The Morgan fingerprint density at radius 1 is 0.593 bits per heavy atom. The Bertz CT molecular complexity index is 3350. The molecule has 11 aromatic rings. The number of pyridine rings is 2. The molecule has 0 saturated heterocycles. The molecule has 4 aromatic heterocycles. The van der Waals surface area contributed by atoms with Gasteiger partial charge in [-0.05, 0) is 47.0 Å². The molecule has 282 valence electrons. The number of anilines is 3. The van der Waals surface area contributed by atoms with Gasteiger partial charge >= 0.3 is 21.1 Å². The second-order valence-corrected chi connectivity index (χ2v) is 18.5. The zero-order chi connectivity index (χ0) is 38.4. The number of hydrogen-bond donors (Lipinski definition) is 0. The van der Waals surface area contributed by atoms with E-state index in [0.29, 0.717) is 11.1 Å². The van der Waals surface area contributed by atoms with Crippen LogP contribution in [0.2, 0.25) is 0 Å². The smallest absolute Gasteiger partial charge is 0.456 e. The predicted octanol–water partition coefficient (Wildman–Crippen LogP) is 9.75. The van der Waals surface area contributed by atoms with Crippen molar-refractivity contribution in [2.45, 2.75) is 6.17 Å². The van der Waals surface area contributed by atoms with Gasteiger partial charge in [0.2, 0.25) is 0 Å². The third-order valence-corrected chi connectivity index (χ3v) is 16.7. The summed E-state index contributed by atoms with van der Waals surface area (Å²) >= 11 is 0. The Hall–Kier alpha value is -6.66. The van der Waals surface area contributed by atoms with Gasteiger partial charge in [-0.1, -0.05) is 136 Å². The molecule has 0 spiro atoms. The Kier molecular flexibility index (Phi) is 8.26. The van der Waals surface area contributed by atoms with E-state index >= 15 is 4.39 Å². The van der Waals surface area contributed by atoms with E-state index in [0.717, 1.165) is 71.6 Å². The van der Waals surface area contributed by atoms with Gasteiger partial charge in [-0.2, -0.15) is 18.2 Å². The van der Waals surface area contributed by atoms with Crippen LogP contribution in [0.5, 0.6) is 0 Å². The number of furan rings is 1. The second-order valence-electron chi connectivity index (χ2n) is 14.8. The van der Waals surface area contributed by atoms with Crippen molar-refractivity contribution in [2.24, 2.45) is 0 Å². The van der Waals surface area contributed by atoms with Crippen LogP contribution in [0.1, 0.15) is 17.3 Å². The minimum Gasteiger partial charge on any atom is -0.456 e. The number of hydrogen-bond acceptors (Lipinski definition) is 4. The first-order valence-electron chi connectivity index (χ1n) is 19.4. The molecule has 1 aliphatic heterocycles. The Labute approximate surface area is 354 Å². The van der Waals surface area contributed by atoms with Crippen molar-refractivity contribution in [1.82, 2.24) is 14.4 Å². The molecule has 12 rings (SSSR count). The summed E-state index contributed by atoms with van der Waals surface area (Å²) in [5.74, 6) is 0.718. The molecule has 1 atom stereocenters. The molecule has 0 radical (unpaired) electrons. The van der Waals surface area contributed by atoms with Crippen molar-refractivity contribution in [3.8, 4) is 0 Å². The maximum Gasteiger partial charge on any atom is 2.00 e. The number of fused-ring (bicyclic) bond motifs is 12. The molecule has 5 heterocycles. The van der Waals surface area contributed by atoms with Crippen LogP contribution in [0.4, 0.5) is 21.6 Å². The molecular weight excluding hydrogens is 927 g/mol. The predicted molar refractivity (Wildman–Crippen MR) is 234 cm³/mol. The van der Waals surface area contributed by atoms with Crippen LogP contribution in [-0.4, -0.2) is 22.4 Å². The van der Waals surface area contributed by atoms with Gasteiger partial charge in [0.1, 0.15) is 31.2 Å². The maximum absolute atomic E-state index is 17.5. The zero-order valence-corrected chi connectivity index (χ0v) is 34.6. The van der Waals surface area contributed by atoms with E-state index < -0.39 is 14.2 Å². The summed E-state index contributed by atoms with van der Waals surface area (Å²) in [5, 5.41) is 9.66. The summed E-state index contributed by atoms with van der Waals surface area (Å²) in [5.41, 5.74) is 6.03. The number of nitrogens with zero attached hydrogens (tertiary/aromatic N) is 4. The van der Waals surface area contributed by atoms with Crippen molar-refractivity contribution in [3.05, 3.63) is 206 Å². The Morgan fingerprint density at radius 3 is 2.07 bits per heavy atom. The molecular formula is C51H31FN4OPtSi. The van der Waals surface area contributed by atoms with Crippen LogP contribution >= 0.6 is 0 Å². The van der Waals surface area contributed by atoms with Crippen molar-refractivity contribution in [3.63, 3.8) is 0 Å². The minimum absolute atomic E-state index is 0. The number of benzene rings is 7. The number of halogens is 1. The van der Waals surface area contributed by atoms with Gasteiger partial charge in [0.15, 0.2) is 0 Å². The first-order chi connectivity index (χ1) is 28.7. The molecule has 0 bridgehead atoms. The molecule has 1 unspecified atom stereocenters. The third-order valence-electron chi connectivity index (χ3n) is 11.8. The first-order valence-corrected chi connectivity index (χ1v) is 21.4. The molecule has 0 saturated carbocycles. The molecule has 7 aromatic carbocycles. The Morgan fingerprint density at radius 2 is 1.29 bits per heavy atom. The van der Waals surface area contributed by atoms with Crippen molar-refractivity contribution in [1.29, 1.82) is 0 Å². The normalized spacial score (nSPS) is 13.7. The monoisotopic (exact) mass is 957 g/mol. The van der Waals surface area contributed by atoms with E-state index in [4.69, 9.17) is 9.40 Å². The largest absolute Gasteiger partial charge is 2.00 e. The van der Waals surface area contributed by atoms with Crippen molar-refractivity contribution in [2.75, 3.05) is 4.90 Å². The van der Waals surface area contributed by atoms with Crippen LogP contribution in [0.15, 0.2) is 187 Å². The van der Waals surface area contributed by atoms with Gasteiger partial charge in [0.25, 0.3) is 0 Å². The number of alkyl halides is 1. The topological polar surface area (TPSA) is 46.6 Å². The molecule has 1 aliphatic rings. The van der Waals surface area contributed by atoms with E-state index in [9.17, 15) is 0 Å². The molecule has 0 aliphatic carbocycles. The first kappa shape index (κ1) is 35.5. The van der Waals surface area contributed by atoms with E-state index in [-0.39, 0.29) is 21.1 Å². The van der Waals surface area contributed by atoms with Crippen LogP contribution in [0.3, 0.4) is 0 Å². The Balaban J connectivity index is 0.00000397. The summed E-state index contributed by atoms with van der Waals surface area (Å²) in [4.78, 5) is 11.8. The fourth-order valence-corrected chi connectivity index (χ4v) is 14.7. The van der Waals surface area contributed by atoms with Crippen molar-refractivity contribution >= 4 is 95.3 Å². The SMILES string of the molecule is FC(c1[c-]c2c(cc1)[Si](c1ccccc1)(c1ccccc1)c1c(ccc3oc4ccccc4c13)N2c1ccccn1)c1[c-]c2c(cc1)c1ccccc1n1ccnc21.[Pt+2]. The van der Waals surface area contributed by atoms with E-state index in [1.165, 1.54) is 15.6 Å². The number of para-hydroxylation sites is 2. The summed E-state index contributed by atoms with van der Waals surface area (Å²) in [6, 6.07) is 63.4. The standard InChI is InChI=1S/C51H31FN4OSi.Pt/c52-49(33-22-24-37-38-17-7-9-19-41(38)55-30-29-54-51(55)40(37)31-33)34-23-27-46-43(32-34)56(47-21-11-12-28-53-47)42-25-26-45-48(39-18-8-10-20-44(39)57-45)50(42)58(46,35-13-3-1-4-14-35)36-15-5-2-6-16-36;/h1-30,49H;/q-2;+2. The van der Waals surface area contributed by atoms with Gasteiger partial charge in [-0.3, -0.25) is 4.98 Å². The number of aromatic nitrogens is 3. The third kappa shape index (κ3) is 5.11. The summed E-state index contributed by atoms with van der Waals surface area (Å²) in [6.45, 7) is 0. The molecule has 0 amide bonds. The van der Waals surface area contributed by atoms with Gasteiger partial charge < -0.3 is 13.7 Å². The van der Waals surface area contributed by atoms with E-state index in [2.05, 4.69) is 130 Å². The van der Waals surface area contributed by atoms with Gasteiger partial charge in [0.05, 0.1) is 5.65 Å². The number of rotatable bonds is 5. The molecule has 5 nitrogen and oxygen atoms in total. The van der Waals surface area contributed by atoms with E-state index in [1.54, 1.807) is 12.4 Å². The van der Waals surface area contributed by atoms with Gasteiger partial charge in [-0.15, -0.1) is 28.9 Å². The quantitative estimate of drug-likeness (QED) is 0.0981. The fourth-order valence-electron chi connectivity index (χ4n) is 9.44. The average molecular weight is 958 g/mol. The molecule has 59 heavy (non-hydrogen) atoms.